The predicted molar refractivity (Wildman–Crippen MR) is 114 cm³/mol. The van der Waals surface area contributed by atoms with Gasteiger partial charge in [0.05, 0.1) is 12.2 Å². The molecule has 0 bridgehead atoms. The molecule has 0 aliphatic carbocycles. The number of amides is 2. The molecule has 0 fully saturated rings. The number of hydrogen-bond acceptors (Lipinski definition) is 2. The first-order valence-electron chi connectivity index (χ1n) is 8.93. The first-order chi connectivity index (χ1) is 13.6. The Labute approximate surface area is 167 Å². The second-order valence-electron chi connectivity index (χ2n) is 6.56. The Balaban J connectivity index is 1.47. The molecule has 1 heterocycles. The van der Waals surface area contributed by atoms with Crippen molar-refractivity contribution in [3.8, 4) is 0 Å². The van der Waals surface area contributed by atoms with Crippen LogP contribution in [0.25, 0.3) is 10.8 Å². The molecule has 28 heavy (non-hydrogen) atoms. The number of anilines is 2. The van der Waals surface area contributed by atoms with E-state index in [1.54, 1.807) is 0 Å². The molecule has 140 valence electrons. The third-order valence-corrected chi connectivity index (χ3v) is 4.76. The lowest BCUT2D eigenvalue weighted by molar-refractivity contribution is 0.262. The standard InChI is InChI=1S/C22H19ClN4O/c1-15-13-21(26-27(15)14-16-9-11-18(23)12-10-16)25-22(28)24-20-8-4-6-17-5-2-3-7-19(17)20/h2-13H,14H2,1H3,(H2,24,25,26,28). The number of aromatic nitrogens is 2. The fraction of sp³-hybridized carbons (Fsp3) is 0.0909. The van der Waals surface area contributed by atoms with Crippen molar-refractivity contribution in [2.75, 3.05) is 10.6 Å². The van der Waals surface area contributed by atoms with Gasteiger partial charge < -0.3 is 5.32 Å². The quantitative estimate of drug-likeness (QED) is 0.470. The maximum Gasteiger partial charge on any atom is 0.324 e. The number of rotatable bonds is 4. The summed E-state index contributed by atoms with van der Waals surface area (Å²) in [7, 11) is 0. The van der Waals surface area contributed by atoms with E-state index in [-0.39, 0.29) is 6.03 Å². The minimum absolute atomic E-state index is 0.326. The molecule has 0 aliphatic rings. The highest BCUT2D eigenvalue weighted by Gasteiger charge is 2.10. The molecular formula is C22H19ClN4O. The van der Waals surface area contributed by atoms with E-state index in [0.29, 0.717) is 17.4 Å². The van der Waals surface area contributed by atoms with Crippen LogP contribution in [0.3, 0.4) is 0 Å². The number of carbonyl (C=O) groups is 1. The van der Waals surface area contributed by atoms with Gasteiger partial charge in [-0.05, 0) is 36.1 Å². The Bertz CT molecular complexity index is 1130. The molecule has 0 saturated carbocycles. The number of hydrogen-bond donors (Lipinski definition) is 2. The molecule has 0 unspecified atom stereocenters. The van der Waals surface area contributed by atoms with Crippen LogP contribution in [0.5, 0.6) is 0 Å². The van der Waals surface area contributed by atoms with Gasteiger partial charge >= 0.3 is 6.03 Å². The fourth-order valence-electron chi connectivity index (χ4n) is 3.10. The normalized spacial score (nSPS) is 10.8. The van der Waals surface area contributed by atoms with Gasteiger partial charge in [0.1, 0.15) is 0 Å². The molecule has 0 radical (unpaired) electrons. The predicted octanol–water partition coefficient (Wildman–Crippen LogP) is 5.69. The first kappa shape index (κ1) is 18.1. The van der Waals surface area contributed by atoms with Crippen molar-refractivity contribution in [2.24, 2.45) is 0 Å². The van der Waals surface area contributed by atoms with Crippen LogP contribution in [0.2, 0.25) is 5.02 Å². The Kier molecular flexibility index (Phi) is 5.00. The summed E-state index contributed by atoms with van der Waals surface area (Å²) < 4.78 is 1.84. The Hall–Kier alpha value is -3.31. The van der Waals surface area contributed by atoms with Crippen molar-refractivity contribution in [1.82, 2.24) is 9.78 Å². The number of nitrogens with zero attached hydrogens (tertiary/aromatic N) is 2. The van der Waals surface area contributed by atoms with E-state index >= 15 is 0 Å². The molecule has 2 N–H and O–H groups in total. The summed E-state index contributed by atoms with van der Waals surface area (Å²) in [6, 6.07) is 22.9. The molecule has 4 aromatic rings. The average molecular weight is 391 g/mol. The Morgan fingerprint density at radius 2 is 1.75 bits per heavy atom. The van der Waals surface area contributed by atoms with Gasteiger partial charge in [-0.1, -0.05) is 60.1 Å². The SMILES string of the molecule is Cc1cc(NC(=O)Nc2cccc3ccccc23)nn1Cc1ccc(Cl)cc1. The lowest BCUT2D eigenvalue weighted by atomic mass is 10.1. The molecule has 1 aromatic heterocycles. The minimum Gasteiger partial charge on any atom is -0.307 e. The van der Waals surface area contributed by atoms with Crippen LogP contribution in [-0.4, -0.2) is 15.8 Å². The van der Waals surface area contributed by atoms with Crippen LogP contribution in [0.15, 0.2) is 72.8 Å². The second-order valence-corrected chi connectivity index (χ2v) is 7.00. The van der Waals surface area contributed by atoms with Crippen molar-refractivity contribution >= 4 is 39.9 Å². The number of halogens is 1. The highest BCUT2D eigenvalue weighted by atomic mass is 35.5. The van der Waals surface area contributed by atoms with Gasteiger partial charge in [0.15, 0.2) is 5.82 Å². The van der Waals surface area contributed by atoms with E-state index in [4.69, 9.17) is 11.6 Å². The van der Waals surface area contributed by atoms with Crippen LogP contribution in [0.1, 0.15) is 11.3 Å². The summed E-state index contributed by atoms with van der Waals surface area (Å²) >= 11 is 5.93. The average Bonchev–Trinajstić information content (AvgIpc) is 3.02. The lowest BCUT2D eigenvalue weighted by Crippen LogP contribution is -2.20. The van der Waals surface area contributed by atoms with Crippen LogP contribution >= 0.6 is 11.6 Å². The largest absolute Gasteiger partial charge is 0.324 e. The second kappa shape index (κ2) is 7.74. The van der Waals surface area contributed by atoms with Gasteiger partial charge in [-0.15, -0.1) is 0 Å². The molecule has 0 aliphatic heterocycles. The maximum absolute atomic E-state index is 12.5. The number of urea groups is 1. The topological polar surface area (TPSA) is 59.0 Å². The molecule has 0 spiro atoms. The number of aryl methyl sites for hydroxylation is 1. The summed E-state index contributed by atoms with van der Waals surface area (Å²) in [5.74, 6) is 0.504. The summed E-state index contributed by atoms with van der Waals surface area (Å²) in [6.07, 6.45) is 0. The molecular weight excluding hydrogens is 372 g/mol. The third-order valence-electron chi connectivity index (χ3n) is 4.51. The van der Waals surface area contributed by atoms with E-state index in [1.165, 1.54) is 0 Å². The van der Waals surface area contributed by atoms with Crippen LogP contribution in [0.4, 0.5) is 16.3 Å². The first-order valence-corrected chi connectivity index (χ1v) is 9.31. The van der Waals surface area contributed by atoms with Crippen molar-refractivity contribution < 1.29 is 4.79 Å². The highest BCUT2D eigenvalue weighted by molar-refractivity contribution is 6.30. The Morgan fingerprint density at radius 3 is 2.57 bits per heavy atom. The molecule has 6 heteroatoms. The highest BCUT2D eigenvalue weighted by Crippen LogP contribution is 2.23. The molecule has 0 atom stereocenters. The molecule has 0 saturated heterocycles. The van der Waals surface area contributed by atoms with E-state index in [2.05, 4.69) is 15.7 Å². The fourth-order valence-corrected chi connectivity index (χ4v) is 3.22. The zero-order chi connectivity index (χ0) is 19.5. The van der Waals surface area contributed by atoms with Crippen molar-refractivity contribution in [1.29, 1.82) is 0 Å². The third kappa shape index (κ3) is 4.00. The summed E-state index contributed by atoms with van der Waals surface area (Å²) in [5, 5.41) is 13.0. The maximum atomic E-state index is 12.5. The minimum atomic E-state index is -0.326. The van der Waals surface area contributed by atoms with Gasteiger partial charge in [-0.3, -0.25) is 10.00 Å². The zero-order valence-corrected chi connectivity index (χ0v) is 16.1. The van der Waals surface area contributed by atoms with Crippen molar-refractivity contribution in [3.05, 3.63) is 89.1 Å². The van der Waals surface area contributed by atoms with E-state index in [0.717, 1.165) is 27.7 Å². The van der Waals surface area contributed by atoms with E-state index < -0.39 is 0 Å². The van der Waals surface area contributed by atoms with Gasteiger partial charge in [-0.25, -0.2) is 4.79 Å². The summed E-state index contributed by atoms with van der Waals surface area (Å²) in [5.41, 5.74) is 2.80. The zero-order valence-electron chi connectivity index (χ0n) is 15.3. The van der Waals surface area contributed by atoms with Crippen molar-refractivity contribution in [3.63, 3.8) is 0 Å². The summed E-state index contributed by atoms with van der Waals surface area (Å²) in [6.45, 7) is 2.56. The van der Waals surface area contributed by atoms with Crippen LogP contribution < -0.4 is 10.6 Å². The molecule has 5 nitrogen and oxygen atoms in total. The van der Waals surface area contributed by atoms with Gasteiger partial charge in [0.2, 0.25) is 0 Å². The monoisotopic (exact) mass is 390 g/mol. The van der Waals surface area contributed by atoms with Gasteiger partial charge in [0, 0.05) is 22.2 Å². The molecule has 4 rings (SSSR count). The van der Waals surface area contributed by atoms with E-state index in [9.17, 15) is 4.79 Å². The number of nitrogens with one attached hydrogen (secondary N) is 2. The van der Waals surface area contributed by atoms with Crippen molar-refractivity contribution in [2.45, 2.75) is 13.5 Å². The van der Waals surface area contributed by atoms with Crippen LogP contribution in [-0.2, 0) is 6.54 Å². The Morgan fingerprint density at radius 1 is 1.00 bits per heavy atom. The number of benzene rings is 3. The number of fused-ring (bicyclic) bond motifs is 1. The van der Waals surface area contributed by atoms with Gasteiger partial charge in [-0.2, -0.15) is 5.10 Å². The van der Waals surface area contributed by atoms with Crippen LogP contribution in [0, 0.1) is 6.92 Å². The summed E-state index contributed by atoms with van der Waals surface area (Å²) in [4.78, 5) is 12.5. The number of carbonyl (C=O) groups excluding carboxylic acids is 1. The molecule has 2 amide bonds. The smallest absolute Gasteiger partial charge is 0.307 e. The van der Waals surface area contributed by atoms with Gasteiger partial charge in [0.25, 0.3) is 0 Å². The lowest BCUT2D eigenvalue weighted by Gasteiger charge is -2.09. The molecule has 3 aromatic carbocycles. The van der Waals surface area contributed by atoms with E-state index in [1.807, 2.05) is 84.4 Å².